The van der Waals surface area contributed by atoms with E-state index in [1.165, 1.54) is 12.7 Å². The first-order valence-electron chi connectivity index (χ1n) is 6.45. The fourth-order valence-electron chi connectivity index (χ4n) is 2.13. The van der Waals surface area contributed by atoms with Crippen molar-refractivity contribution in [3.8, 4) is 5.75 Å². The Kier molecular flexibility index (Phi) is 4.75. The molecule has 0 amide bonds. The fraction of sp³-hybridized carbons (Fsp3) is 0.533. The molecular formula is C15H20O3S. The molecule has 0 radical (unpaired) electrons. The van der Waals surface area contributed by atoms with E-state index in [0.717, 1.165) is 30.1 Å². The van der Waals surface area contributed by atoms with Crippen molar-refractivity contribution in [3.05, 3.63) is 29.8 Å². The van der Waals surface area contributed by atoms with Gasteiger partial charge in [-0.2, -0.15) is 11.8 Å². The van der Waals surface area contributed by atoms with Crippen LogP contribution in [0.1, 0.15) is 24.8 Å². The van der Waals surface area contributed by atoms with Crippen LogP contribution in [0.5, 0.6) is 5.75 Å². The number of hydrogen-bond donors (Lipinski definition) is 0. The Morgan fingerprint density at radius 1 is 1.32 bits per heavy atom. The van der Waals surface area contributed by atoms with Gasteiger partial charge >= 0.3 is 5.97 Å². The zero-order valence-corrected chi connectivity index (χ0v) is 12.3. The second-order valence-electron chi connectivity index (χ2n) is 5.06. The maximum atomic E-state index is 11.3. The highest BCUT2D eigenvalue weighted by Gasteiger charge is 2.44. The molecule has 3 nitrogen and oxygen atoms in total. The summed E-state index contributed by atoms with van der Waals surface area (Å²) in [5.74, 6) is 2.79. The maximum Gasteiger partial charge on any atom is 0.306 e. The van der Waals surface area contributed by atoms with Crippen molar-refractivity contribution < 1.29 is 14.3 Å². The molecule has 0 unspecified atom stereocenters. The van der Waals surface area contributed by atoms with Gasteiger partial charge in [-0.25, -0.2) is 0 Å². The van der Waals surface area contributed by atoms with Crippen LogP contribution in [0, 0.1) is 5.41 Å². The highest BCUT2D eigenvalue weighted by Crippen LogP contribution is 2.51. The van der Waals surface area contributed by atoms with Crippen LogP contribution in [0.3, 0.4) is 0 Å². The monoisotopic (exact) mass is 280 g/mol. The standard InChI is InChI=1S/C15H20O3S/c1-17-13-6-4-3-5-12(13)10-19-11-15(7-8-15)9-14(16)18-2/h3-6H,7-11H2,1-2H3. The smallest absolute Gasteiger partial charge is 0.306 e. The highest BCUT2D eigenvalue weighted by atomic mass is 32.2. The quantitative estimate of drug-likeness (QED) is 0.718. The normalized spacial score (nSPS) is 15.9. The van der Waals surface area contributed by atoms with Gasteiger partial charge in [-0.15, -0.1) is 0 Å². The molecule has 4 heteroatoms. The number of carbonyl (C=O) groups excluding carboxylic acids is 1. The van der Waals surface area contributed by atoms with Crippen molar-refractivity contribution in [1.29, 1.82) is 0 Å². The topological polar surface area (TPSA) is 35.5 Å². The average Bonchev–Trinajstić information content (AvgIpc) is 3.19. The summed E-state index contributed by atoms with van der Waals surface area (Å²) in [5, 5.41) is 0. The molecule has 104 valence electrons. The second kappa shape index (κ2) is 6.33. The third kappa shape index (κ3) is 3.90. The number of hydrogen-bond acceptors (Lipinski definition) is 4. The van der Waals surface area contributed by atoms with Crippen LogP contribution >= 0.6 is 11.8 Å². The van der Waals surface area contributed by atoms with Crippen molar-refractivity contribution >= 4 is 17.7 Å². The zero-order valence-electron chi connectivity index (χ0n) is 11.5. The van der Waals surface area contributed by atoms with E-state index in [0.29, 0.717) is 6.42 Å². The molecule has 1 aliphatic carbocycles. The number of thioether (sulfide) groups is 1. The van der Waals surface area contributed by atoms with Crippen molar-refractivity contribution in [2.24, 2.45) is 5.41 Å². The van der Waals surface area contributed by atoms with Gasteiger partial charge in [0, 0.05) is 11.3 Å². The molecule has 0 N–H and O–H groups in total. The van der Waals surface area contributed by atoms with Gasteiger partial charge in [0.1, 0.15) is 5.75 Å². The Labute approximate surface area is 118 Å². The summed E-state index contributed by atoms with van der Waals surface area (Å²) in [6, 6.07) is 8.08. The Bertz CT molecular complexity index is 441. The van der Waals surface area contributed by atoms with E-state index in [-0.39, 0.29) is 11.4 Å². The van der Waals surface area contributed by atoms with Crippen LogP contribution < -0.4 is 4.74 Å². The van der Waals surface area contributed by atoms with Crippen LogP contribution in [-0.2, 0) is 15.3 Å². The van der Waals surface area contributed by atoms with E-state index < -0.39 is 0 Å². The van der Waals surface area contributed by atoms with E-state index in [1.54, 1.807) is 7.11 Å². The van der Waals surface area contributed by atoms with Crippen LogP contribution in [0.25, 0.3) is 0 Å². The van der Waals surface area contributed by atoms with E-state index in [2.05, 4.69) is 6.07 Å². The molecule has 0 saturated heterocycles. The first-order chi connectivity index (χ1) is 9.19. The SMILES string of the molecule is COC(=O)CC1(CSCc2ccccc2OC)CC1. The molecule has 0 atom stereocenters. The van der Waals surface area contributed by atoms with E-state index in [1.807, 2.05) is 30.0 Å². The Balaban J connectivity index is 1.82. The number of para-hydroxylation sites is 1. The van der Waals surface area contributed by atoms with Crippen molar-refractivity contribution in [2.75, 3.05) is 20.0 Å². The molecule has 19 heavy (non-hydrogen) atoms. The third-order valence-electron chi connectivity index (χ3n) is 3.56. The lowest BCUT2D eigenvalue weighted by Crippen LogP contribution is -2.13. The van der Waals surface area contributed by atoms with Gasteiger partial charge in [-0.3, -0.25) is 4.79 Å². The molecule has 1 fully saturated rings. The van der Waals surface area contributed by atoms with Gasteiger partial charge in [-0.1, -0.05) is 18.2 Å². The lowest BCUT2D eigenvalue weighted by Gasteiger charge is -2.14. The van der Waals surface area contributed by atoms with E-state index in [4.69, 9.17) is 9.47 Å². The minimum absolute atomic E-state index is 0.0876. The summed E-state index contributed by atoms with van der Waals surface area (Å²) in [4.78, 5) is 11.3. The van der Waals surface area contributed by atoms with Crippen LogP contribution in [0.15, 0.2) is 24.3 Å². The molecule has 1 aromatic carbocycles. The molecule has 0 heterocycles. The number of esters is 1. The van der Waals surface area contributed by atoms with Crippen LogP contribution in [-0.4, -0.2) is 25.9 Å². The first kappa shape index (κ1) is 14.3. The van der Waals surface area contributed by atoms with Gasteiger partial charge in [-0.05, 0) is 30.1 Å². The molecular weight excluding hydrogens is 260 g/mol. The molecule has 2 rings (SSSR count). The lowest BCUT2D eigenvalue weighted by atomic mass is 10.1. The largest absolute Gasteiger partial charge is 0.496 e. The van der Waals surface area contributed by atoms with E-state index >= 15 is 0 Å². The molecule has 1 saturated carbocycles. The number of rotatable bonds is 7. The summed E-state index contributed by atoms with van der Waals surface area (Å²) in [6.07, 6.45) is 2.84. The number of methoxy groups -OCH3 is 2. The molecule has 0 bridgehead atoms. The second-order valence-corrected chi connectivity index (χ2v) is 6.04. The molecule has 0 spiro atoms. The predicted octanol–water partition coefficient (Wildman–Crippen LogP) is 3.27. The number of benzene rings is 1. The summed E-state index contributed by atoms with van der Waals surface area (Å²) in [6.45, 7) is 0. The summed E-state index contributed by atoms with van der Waals surface area (Å²) in [5.41, 5.74) is 1.41. The maximum absolute atomic E-state index is 11.3. The fourth-order valence-corrected chi connectivity index (χ4v) is 3.51. The first-order valence-corrected chi connectivity index (χ1v) is 7.61. The van der Waals surface area contributed by atoms with Crippen molar-refractivity contribution in [1.82, 2.24) is 0 Å². The summed E-state index contributed by atoms with van der Waals surface area (Å²) in [7, 11) is 3.16. The third-order valence-corrected chi connectivity index (χ3v) is 4.89. The Hall–Kier alpha value is -1.16. The van der Waals surface area contributed by atoms with Crippen LogP contribution in [0.2, 0.25) is 0 Å². The minimum atomic E-state index is -0.0876. The number of carbonyl (C=O) groups is 1. The Morgan fingerprint density at radius 2 is 2.05 bits per heavy atom. The van der Waals surface area contributed by atoms with E-state index in [9.17, 15) is 4.79 Å². The minimum Gasteiger partial charge on any atom is -0.496 e. The van der Waals surface area contributed by atoms with Crippen molar-refractivity contribution in [2.45, 2.75) is 25.0 Å². The molecule has 0 aromatic heterocycles. The molecule has 1 aliphatic rings. The Morgan fingerprint density at radius 3 is 2.68 bits per heavy atom. The van der Waals surface area contributed by atoms with Gasteiger partial charge in [0.25, 0.3) is 0 Å². The molecule has 0 aliphatic heterocycles. The van der Waals surface area contributed by atoms with Gasteiger partial charge in [0.05, 0.1) is 20.6 Å². The number of ether oxygens (including phenoxy) is 2. The molecule has 1 aromatic rings. The average molecular weight is 280 g/mol. The van der Waals surface area contributed by atoms with Gasteiger partial charge in [0.15, 0.2) is 0 Å². The van der Waals surface area contributed by atoms with Gasteiger partial charge in [0.2, 0.25) is 0 Å². The van der Waals surface area contributed by atoms with Crippen molar-refractivity contribution in [3.63, 3.8) is 0 Å². The zero-order chi connectivity index (χ0) is 13.7. The summed E-state index contributed by atoms with van der Waals surface area (Å²) < 4.78 is 10.1. The van der Waals surface area contributed by atoms with Gasteiger partial charge < -0.3 is 9.47 Å². The summed E-state index contributed by atoms with van der Waals surface area (Å²) >= 11 is 1.87. The highest BCUT2D eigenvalue weighted by molar-refractivity contribution is 7.98. The van der Waals surface area contributed by atoms with Crippen LogP contribution in [0.4, 0.5) is 0 Å². The predicted molar refractivity (Wildman–Crippen MR) is 77.5 cm³/mol. The lowest BCUT2D eigenvalue weighted by molar-refractivity contribution is -0.141.